The van der Waals surface area contributed by atoms with E-state index in [0.29, 0.717) is 18.0 Å². The molecule has 0 saturated heterocycles. The van der Waals surface area contributed by atoms with Crippen molar-refractivity contribution in [2.24, 2.45) is 5.92 Å². The Kier molecular flexibility index (Phi) is 3.65. The summed E-state index contributed by atoms with van der Waals surface area (Å²) in [6.45, 7) is 6.61. The van der Waals surface area contributed by atoms with Crippen LogP contribution in [0.4, 0.5) is 0 Å². The van der Waals surface area contributed by atoms with E-state index in [0.717, 1.165) is 23.8 Å². The first kappa shape index (κ1) is 13.7. The third-order valence-corrected chi connectivity index (χ3v) is 4.00. The predicted octanol–water partition coefficient (Wildman–Crippen LogP) is 3.89. The third-order valence-electron chi connectivity index (χ3n) is 4.00. The maximum Gasteiger partial charge on any atom is 0.274 e. The molecule has 108 valence electrons. The molecule has 0 aliphatic heterocycles. The third kappa shape index (κ3) is 2.51. The van der Waals surface area contributed by atoms with Gasteiger partial charge in [0.2, 0.25) is 0 Å². The van der Waals surface area contributed by atoms with E-state index in [4.69, 9.17) is 0 Å². The predicted molar refractivity (Wildman–Crippen MR) is 88.3 cm³/mol. The molecule has 1 N–H and O–H groups in total. The zero-order valence-electron chi connectivity index (χ0n) is 12.3. The van der Waals surface area contributed by atoms with E-state index < -0.39 is 0 Å². The standard InChI is InChI=1S/C18H20N2O/c1-3-4-11-20-12-16(14-7-5-13(2)6-8-14)15-9-10-19-17(15)18(20)21/h3,5,7-10,12-13,19H,1,4,6,11H2,2H3. The summed E-state index contributed by atoms with van der Waals surface area (Å²) in [6.07, 6.45) is 14.1. The molecular formula is C18H20N2O. The van der Waals surface area contributed by atoms with Gasteiger partial charge in [-0.25, -0.2) is 0 Å². The number of pyridine rings is 1. The van der Waals surface area contributed by atoms with Gasteiger partial charge in [-0.2, -0.15) is 0 Å². The lowest BCUT2D eigenvalue weighted by Crippen LogP contribution is -2.20. The molecule has 0 aromatic carbocycles. The van der Waals surface area contributed by atoms with Crippen molar-refractivity contribution in [1.29, 1.82) is 0 Å². The molecule has 1 unspecified atom stereocenters. The molecule has 0 saturated carbocycles. The van der Waals surface area contributed by atoms with Crippen molar-refractivity contribution in [2.45, 2.75) is 26.3 Å². The largest absolute Gasteiger partial charge is 0.357 e. The van der Waals surface area contributed by atoms with Crippen molar-refractivity contribution in [2.75, 3.05) is 0 Å². The van der Waals surface area contributed by atoms with Crippen LogP contribution in [0.15, 0.2) is 54.1 Å². The summed E-state index contributed by atoms with van der Waals surface area (Å²) in [5, 5.41) is 1.00. The quantitative estimate of drug-likeness (QED) is 0.848. The van der Waals surface area contributed by atoms with E-state index in [1.54, 1.807) is 4.57 Å². The van der Waals surface area contributed by atoms with Gasteiger partial charge in [0, 0.05) is 29.9 Å². The Hall–Kier alpha value is -2.29. The molecule has 21 heavy (non-hydrogen) atoms. The molecule has 0 fully saturated rings. The molecule has 3 nitrogen and oxygen atoms in total. The molecule has 0 radical (unpaired) electrons. The normalized spacial score (nSPS) is 18.0. The van der Waals surface area contributed by atoms with Crippen molar-refractivity contribution in [3.8, 4) is 0 Å². The summed E-state index contributed by atoms with van der Waals surface area (Å²) in [5.74, 6) is 0.585. The lowest BCUT2D eigenvalue weighted by molar-refractivity contribution is 0.685. The topological polar surface area (TPSA) is 37.8 Å². The van der Waals surface area contributed by atoms with Crippen molar-refractivity contribution in [3.63, 3.8) is 0 Å². The molecule has 0 amide bonds. The molecule has 1 aliphatic carbocycles. The first-order chi connectivity index (χ1) is 10.2. The Morgan fingerprint density at radius 2 is 2.38 bits per heavy atom. The van der Waals surface area contributed by atoms with Gasteiger partial charge in [-0.1, -0.05) is 31.2 Å². The molecule has 3 rings (SSSR count). The van der Waals surface area contributed by atoms with E-state index in [-0.39, 0.29) is 5.56 Å². The first-order valence-electron chi connectivity index (χ1n) is 7.41. The number of allylic oxidation sites excluding steroid dienone is 5. The van der Waals surface area contributed by atoms with Crippen LogP contribution in [-0.4, -0.2) is 9.55 Å². The van der Waals surface area contributed by atoms with Crippen molar-refractivity contribution in [1.82, 2.24) is 9.55 Å². The van der Waals surface area contributed by atoms with Gasteiger partial charge < -0.3 is 9.55 Å². The van der Waals surface area contributed by atoms with Crippen LogP contribution in [0.25, 0.3) is 16.5 Å². The van der Waals surface area contributed by atoms with E-state index in [9.17, 15) is 4.79 Å². The summed E-state index contributed by atoms with van der Waals surface area (Å²) < 4.78 is 1.78. The highest BCUT2D eigenvalue weighted by molar-refractivity contribution is 5.94. The fraction of sp³-hybridized carbons (Fsp3) is 0.278. The highest BCUT2D eigenvalue weighted by Gasteiger charge is 2.13. The van der Waals surface area contributed by atoms with Crippen LogP contribution in [0.1, 0.15) is 25.3 Å². The van der Waals surface area contributed by atoms with E-state index in [2.05, 4.69) is 36.7 Å². The maximum atomic E-state index is 12.4. The number of aryl methyl sites for hydroxylation is 1. The minimum atomic E-state index is 0.0364. The van der Waals surface area contributed by atoms with Crippen molar-refractivity contribution < 1.29 is 0 Å². The van der Waals surface area contributed by atoms with Crippen LogP contribution in [0.5, 0.6) is 0 Å². The smallest absolute Gasteiger partial charge is 0.274 e. The Morgan fingerprint density at radius 1 is 1.52 bits per heavy atom. The monoisotopic (exact) mass is 280 g/mol. The fourth-order valence-electron chi connectivity index (χ4n) is 2.75. The number of hydrogen-bond donors (Lipinski definition) is 1. The van der Waals surface area contributed by atoms with Gasteiger partial charge in [-0.3, -0.25) is 4.79 Å². The molecule has 3 heteroatoms. The molecule has 0 spiro atoms. The van der Waals surface area contributed by atoms with Gasteiger partial charge in [0.25, 0.3) is 5.56 Å². The second kappa shape index (κ2) is 5.60. The number of nitrogens with zero attached hydrogens (tertiary/aromatic N) is 1. The Balaban J connectivity index is 2.15. The second-order valence-corrected chi connectivity index (χ2v) is 5.62. The number of fused-ring (bicyclic) bond motifs is 1. The van der Waals surface area contributed by atoms with E-state index >= 15 is 0 Å². The maximum absolute atomic E-state index is 12.4. The molecular weight excluding hydrogens is 260 g/mol. The molecule has 0 bridgehead atoms. The lowest BCUT2D eigenvalue weighted by atomic mass is 9.93. The molecule has 2 aromatic heterocycles. The van der Waals surface area contributed by atoms with E-state index in [1.807, 2.05) is 24.5 Å². The van der Waals surface area contributed by atoms with Crippen LogP contribution >= 0.6 is 0 Å². The average Bonchev–Trinajstić information content (AvgIpc) is 2.98. The molecule has 1 aliphatic rings. The van der Waals surface area contributed by atoms with E-state index in [1.165, 1.54) is 5.57 Å². The first-order valence-corrected chi connectivity index (χ1v) is 7.41. The molecule has 1 atom stereocenters. The zero-order chi connectivity index (χ0) is 14.8. The Morgan fingerprint density at radius 3 is 3.10 bits per heavy atom. The van der Waals surface area contributed by atoms with Crippen LogP contribution in [0.2, 0.25) is 0 Å². The highest BCUT2D eigenvalue weighted by atomic mass is 16.1. The van der Waals surface area contributed by atoms with Crippen LogP contribution in [0, 0.1) is 5.92 Å². The number of hydrogen-bond acceptors (Lipinski definition) is 1. The van der Waals surface area contributed by atoms with Gasteiger partial charge in [0.05, 0.1) is 0 Å². The van der Waals surface area contributed by atoms with Gasteiger partial charge in [0.1, 0.15) is 5.52 Å². The van der Waals surface area contributed by atoms with Crippen molar-refractivity contribution in [3.05, 3.63) is 65.3 Å². The summed E-state index contributed by atoms with van der Waals surface area (Å²) in [5.41, 5.74) is 3.04. The summed E-state index contributed by atoms with van der Waals surface area (Å²) in [4.78, 5) is 15.5. The van der Waals surface area contributed by atoms with Gasteiger partial charge in [0.15, 0.2) is 0 Å². The SMILES string of the molecule is C=CCCn1cc(C2=CCC(C)C=C2)c2cc[nH]c2c1=O. The second-order valence-electron chi connectivity index (χ2n) is 5.62. The van der Waals surface area contributed by atoms with Crippen LogP contribution in [-0.2, 0) is 6.54 Å². The Bertz CT molecular complexity index is 789. The summed E-state index contributed by atoms with van der Waals surface area (Å²) in [7, 11) is 0. The van der Waals surface area contributed by atoms with Crippen LogP contribution < -0.4 is 5.56 Å². The number of rotatable bonds is 4. The van der Waals surface area contributed by atoms with Gasteiger partial charge >= 0.3 is 0 Å². The number of H-pyrrole nitrogens is 1. The van der Waals surface area contributed by atoms with Crippen molar-refractivity contribution >= 4 is 16.5 Å². The zero-order valence-corrected chi connectivity index (χ0v) is 12.3. The Labute approximate surface area is 124 Å². The minimum absolute atomic E-state index is 0.0364. The number of aromatic amines is 1. The fourth-order valence-corrected chi connectivity index (χ4v) is 2.75. The number of nitrogens with one attached hydrogen (secondary N) is 1. The van der Waals surface area contributed by atoms with Gasteiger partial charge in [-0.05, 0) is 30.4 Å². The summed E-state index contributed by atoms with van der Waals surface area (Å²) >= 11 is 0. The van der Waals surface area contributed by atoms with Crippen LogP contribution in [0.3, 0.4) is 0 Å². The summed E-state index contributed by atoms with van der Waals surface area (Å²) in [6, 6.07) is 1.98. The number of aromatic nitrogens is 2. The highest BCUT2D eigenvalue weighted by Crippen LogP contribution is 2.28. The lowest BCUT2D eigenvalue weighted by Gasteiger charge is -2.15. The van der Waals surface area contributed by atoms with Gasteiger partial charge in [-0.15, -0.1) is 6.58 Å². The molecule has 2 heterocycles. The minimum Gasteiger partial charge on any atom is -0.357 e. The molecule has 2 aromatic rings. The average molecular weight is 280 g/mol.